The number of tetrazole rings is 1. The van der Waals surface area contributed by atoms with E-state index in [1.807, 2.05) is 0 Å². The van der Waals surface area contributed by atoms with Crippen LogP contribution in [-0.4, -0.2) is 26.5 Å². The van der Waals surface area contributed by atoms with Gasteiger partial charge in [-0.1, -0.05) is 5.21 Å². The molecule has 0 atom stereocenters. The smallest absolute Gasteiger partial charge is 0.264 e. The number of nitrogens with one attached hydrogen (secondary N) is 2. The Bertz CT molecular complexity index is 232. The van der Waals surface area contributed by atoms with E-state index < -0.39 is 0 Å². The molecule has 5 N–H and O–H groups in total. The summed E-state index contributed by atoms with van der Waals surface area (Å²) in [5.74, 6) is 3.81. The van der Waals surface area contributed by atoms with Crippen LogP contribution in [-0.2, 0) is 11.2 Å². The van der Waals surface area contributed by atoms with Crippen molar-refractivity contribution in [1.29, 1.82) is 0 Å². The van der Waals surface area contributed by atoms with Gasteiger partial charge in [0.25, 0.3) is 5.91 Å². The van der Waals surface area contributed by atoms with Crippen LogP contribution in [0.1, 0.15) is 18.7 Å². The molecule has 1 aromatic heterocycles. The Morgan fingerprint density at radius 1 is 1.67 bits per heavy atom. The van der Waals surface area contributed by atoms with Gasteiger partial charge in [-0.25, -0.2) is 5.43 Å². The highest BCUT2D eigenvalue weighted by molar-refractivity contribution is 5.74. The molecule has 12 heavy (non-hydrogen) atoms. The molecule has 1 aromatic rings. The summed E-state index contributed by atoms with van der Waals surface area (Å²) in [5, 5.41) is 13.2. The Kier molecular flexibility index (Phi) is 3.15. The van der Waals surface area contributed by atoms with Crippen LogP contribution in [0, 0.1) is 0 Å². The summed E-state index contributed by atoms with van der Waals surface area (Å²) in [4.78, 5) is 10.7. The van der Waals surface area contributed by atoms with E-state index in [-0.39, 0.29) is 5.91 Å². The fraction of sp³-hybridized carbons (Fsp3) is 0.600. The molecule has 7 nitrogen and oxygen atoms in total. The quantitative estimate of drug-likeness (QED) is 0.446. The van der Waals surface area contributed by atoms with Crippen molar-refractivity contribution >= 4 is 5.91 Å². The van der Waals surface area contributed by atoms with E-state index in [2.05, 4.69) is 31.9 Å². The number of rotatable bonds is 4. The van der Waals surface area contributed by atoms with E-state index >= 15 is 0 Å². The Hall–Kier alpha value is -1.50. The number of carbonyl (C=O) groups excluding carboxylic acids is 1. The highest BCUT2D eigenvalue weighted by atomic mass is 16.2. The second-order valence-electron chi connectivity index (χ2n) is 2.28. The predicted molar refractivity (Wildman–Crippen MR) is 38.1 cm³/mol. The number of aromatic amines is 1. The lowest BCUT2D eigenvalue weighted by Gasteiger charge is -1.93. The zero-order valence-electron chi connectivity index (χ0n) is 6.58. The summed E-state index contributed by atoms with van der Waals surface area (Å²) in [6.07, 6.45) is 1.81. The number of nitrogens with zero attached hydrogens (tertiary/aromatic N) is 3. The lowest BCUT2D eigenvalue weighted by molar-refractivity contribution is -0.427. The lowest BCUT2D eigenvalue weighted by atomic mass is 10.2. The largest absolute Gasteiger partial charge is 0.270 e. The molecule has 0 saturated carbocycles. The Balaban J connectivity index is 2.15. The Labute approximate surface area is 68.7 Å². The zero-order valence-corrected chi connectivity index (χ0v) is 6.58. The monoisotopic (exact) mass is 171 g/mol. The third-order valence-corrected chi connectivity index (χ3v) is 1.39. The van der Waals surface area contributed by atoms with Crippen LogP contribution in [0.25, 0.3) is 0 Å². The molecule has 0 aliphatic heterocycles. The van der Waals surface area contributed by atoms with E-state index in [0.29, 0.717) is 25.1 Å². The molecule has 7 heteroatoms. The molecule has 0 aromatic carbocycles. The number of hydrogen-bond donors (Lipinski definition) is 3. The third kappa shape index (κ3) is 2.62. The first-order valence-electron chi connectivity index (χ1n) is 3.61. The van der Waals surface area contributed by atoms with Gasteiger partial charge in [0.05, 0.1) is 0 Å². The number of hydrogen-bond acceptors (Lipinski definition) is 4. The molecule has 0 aliphatic carbocycles. The number of aromatic nitrogens is 4. The molecular weight excluding hydrogens is 160 g/mol. The van der Waals surface area contributed by atoms with Gasteiger partial charge in [0.1, 0.15) is 0 Å². The van der Waals surface area contributed by atoms with Crippen molar-refractivity contribution in [3.05, 3.63) is 5.82 Å². The maximum Gasteiger partial charge on any atom is 0.264 e. The summed E-state index contributed by atoms with van der Waals surface area (Å²) in [6, 6.07) is 0. The molecule has 1 heterocycles. The summed E-state index contributed by atoms with van der Waals surface area (Å²) in [7, 11) is 0. The topological polar surface area (TPSA) is 111 Å². The average molecular weight is 171 g/mol. The maximum absolute atomic E-state index is 10.7. The van der Waals surface area contributed by atoms with Crippen molar-refractivity contribution in [2.75, 3.05) is 0 Å². The van der Waals surface area contributed by atoms with Gasteiger partial charge in [0.2, 0.25) is 0 Å². The first-order chi connectivity index (χ1) is 5.83. The maximum atomic E-state index is 10.7. The van der Waals surface area contributed by atoms with Crippen LogP contribution < -0.4 is 11.3 Å². The van der Waals surface area contributed by atoms with Gasteiger partial charge in [-0.05, 0) is 6.42 Å². The second kappa shape index (κ2) is 4.39. The van der Waals surface area contributed by atoms with Crippen molar-refractivity contribution in [2.45, 2.75) is 19.3 Å². The first kappa shape index (κ1) is 8.60. The molecule has 0 radical (unpaired) electrons. The molecule has 1 amide bonds. The number of aryl methyl sites for hydroxylation is 1. The molecular formula is C5H11N6O+. The van der Waals surface area contributed by atoms with Gasteiger partial charge in [-0.15, -0.1) is 10.2 Å². The van der Waals surface area contributed by atoms with Crippen molar-refractivity contribution in [2.24, 2.45) is 0 Å². The zero-order chi connectivity index (χ0) is 8.81. The number of quaternary nitrogens is 1. The SMILES string of the molecule is [NH3+]NC(=O)CCCc1nn[nH]n1. The first-order valence-corrected chi connectivity index (χ1v) is 3.61. The van der Waals surface area contributed by atoms with Crippen molar-refractivity contribution in [1.82, 2.24) is 26.0 Å². The highest BCUT2D eigenvalue weighted by Crippen LogP contribution is 1.95. The van der Waals surface area contributed by atoms with Crippen molar-refractivity contribution in [3.8, 4) is 0 Å². The number of H-pyrrole nitrogens is 1. The normalized spacial score (nSPS) is 9.75. The van der Waals surface area contributed by atoms with Gasteiger partial charge >= 0.3 is 0 Å². The van der Waals surface area contributed by atoms with Crippen LogP contribution in [0.3, 0.4) is 0 Å². The summed E-state index contributed by atoms with van der Waals surface area (Å²) < 4.78 is 0. The van der Waals surface area contributed by atoms with Gasteiger partial charge < -0.3 is 0 Å². The molecule has 0 bridgehead atoms. The van der Waals surface area contributed by atoms with Gasteiger partial charge in [-0.3, -0.25) is 10.6 Å². The minimum Gasteiger partial charge on any atom is -0.270 e. The van der Waals surface area contributed by atoms with Gasteiger partial charge in [-0.2, -0.15) is 5.21 Å². The average Bonchev–Trinajstić information content (AvgIpc) is 2.57. The molecule has 0 spiro atoms. The fourth-order valence-corrected chi connectivity index (χ4v) is 0.784. The third-order valence-electron chi connectivity index (χ3n) is 1.39. The van der Waals surface area contributed by atoms with E-state index in [0.717, 1.165) is 0 Å². The fourth-order valence-electron chi connectivity index (χ4n) is 0.784. The molecule has 0 aliphatic rings. The minimum atomic E-state index is -0.0708. The van der Waals surface area contributed by atoms with Crippen LogP contribution in [0.5, 0.6) is 0 Å². The van der Waals surface area contributed by atoms with Crippen molar-refractivity contribution < 1.29 is 10.6 Å². The van der Waals surface area contributed by atoms with E-state index in [1.54, 1.807) is 0 Å². The Morgan fingerprint density at radius 3 is 3.08 bits per heavy atom. The number of carbonyl (C=O) groups is 1. The second-order valence-corrected chi connectivity index (χ2v) is 2.28. The van der Waals surface area contributed by atoms with Crippen LogP contribution in [0.2, 0.25) is 0 Å². The highest BCUT2D eigenvalue weighted by Gasteiger charge is 2.02. The Morgan fingerprint density at radius 2 is 2.50 bits per heavy atom. The van der Waals surface area contributed by atoms with E-state index in [4.69, 9.17) is 0 Å². The molecule has 1 rings (SSSR count). The summed E-state index contributed by atoms with van der Waals surface area (Å²) >= 11 is 0. The molecule has 66 valence electrons. The summed E-state index contributed by atoms with van der Waals surface area (Å²) in [5.41, 5.74) is 2.29. The van der Waals surface area contributed by atoms with Crippen LogP contribution >= 0.6 is 0 Å². The molecule has 0 saturated heterocycles. The van der Waals surface area contributed by atoms with Crippen molar-refractivity contribution in [3.63, 3.8) is 0 Å². The van der Waals surface area contributed by atoms with E-state index in [1.165, 1.54) is 0 Å². The van der Waals surface area contributed by atoms with Gasteiger partial charge in [0.15, 0.2) is 5.82 Å². The van der Waals surface area contributed by atoms with Gasteiger partial charge in [0, 0.05) is 12.8 Å². The standard InChI is InChI=1S/C5H10N6O/c6-7-5(12)3-1-2-4-8-10-11-9-4/h1-3,6H2,(H,7,12)(H,8,9,10,11)/p+1. The van der Waals surface area contributed by atoms with Crippen LogP contribution in [0.4, 0.5) is 0 Å². The van der Waals surface area contributed by atoms with Crippen LogP contribution in [0.15, 0.2) is 0 Å². The lowest BCUT2D eigenvalue weighted by Crippen LogP contribution is -2.67. The minimum absolute atomic E-state index is 0.0708. The number of amides is 1. The summed E-state index contributed by atoms with van der Waals surface area (Å²) in [6.45, 7) is 0. The molecule has 0 fully saturated rings. The predicted octanol–water partition coefficient (Wildman–Crippen LogP) is -2.20. The van der Waals surface area contributed by atoms with E-state index in [9.17, 15) is 4.79 Å². The molecule has 0 unspecified atom stereocenters.